The second-order valence-electron chi connectivity index (χ2n) is 4.12. The maximum absolute atomic E-state index is 11.6. The fourth-order valence-corrected chi connectivity index (χ4v) is 1.65. The first-order chi connectivity index (χ1) is 10.1. The summed E-state index contributed by atoms with van der Waals surface area (Å²) in [5.41, 5.74) is 0.231. The fraction of sp³-hybridized carbons (Fsp3) is 0.0714. The van der Waals surface area contributed by atoms with Crippen molar-refractivity contribution >= 4 is 17.5 Å². The number of nitro benzene ring substituents is 1. The highest BCUT2D eigenvalue weighted by Gasteiger charge is 2.18. The van der Waals surface area contributed by atoms with Crippen LogP contribution in [0.2, 0.25) is 0 Å². The van der Waals surface area contributed by atoms with E-state index in [-0.39, 0.29) is 12.3 Å². The lowest BCUT2D eigenvalue weighted by molar-refractivity contribution is -0.385. The molecule has 0 aromatic heterocycles. The molecule has 2 rings (SSSR count). The van der Waals surface area contributed by atoms with Crippen LogP contribution in [0.3, 0.4) is 0 Å². The topological polar surface area (TPSA) is 102 Å². The molecule has 7 nitrogen and oxygen atoms in total. The van der Waals surface area contributed by atoms with E-state index in [2.05, 4.69) is 5.32 Å². The second kappa shape index (κ2) is 6.38. The van der Waals surface area contributed by atoms with Gasteiger partial charge < -0.3 is 9.84 Å². The number of phenols is 1. The number of rotatable bonds is 4. The number of carbonyl (C=O) groups excluding carboxylic acids is 1. The third-order valence-corrected chi connectivity index (χ3v) is 2.66. The Morgan fingerprint density at radius 3 is 2.57 bits per heavy atom. The van der Waals surface area contributed by atoms with Gasteiger partial charge in [0.05, 0.1) is 10.6 Å². The van der Waals surface area contributed by atoms with Crippen molar-refractivity contribution in [3.05, 3.63) is 64.2 Å². The molecule has 0 unspecified atom stereocenters. The molecule has 0 spiro atoms. The summed E-state index contributed by atoms with van der Waals surface area (Å²) in [4.78, 5) is 21.5. The van der Waals surface area contributed by atoms with Crippen LogP contribution in [0.25, 0.3) is 0 Å². The van der Waals surface area contributed by atoms with Crippen molar-refractivity contribution in [3.8, 4) is 5.75 Å². The van der Waals surface area contributed by atoms with Crippen LogP contribution in [0.15, 0.2) is 48.5 Å². The Balaban J connectivity index is 2.00. The first kappa shape index (κ1) is 14.3. The lowest BCUT2D eigenvalue weighted by Gasteiger charge is -2.08. The third-order valence-electron chi connectivity index (χ3n) is 2.66. The standard InChI is InChI=1S/C14H12N2O5/c17-13-11(7-4-8-12(13)16(19)20)15-14(18)21-9-10-5-2-1-3-6-10/h1-8,17H,9H2,(H,15,18). The number of nitrogens with one attached hydrogen (secondary N) is 1. The normalized spacial score (nSPS) is 9.90. The molecule has 0 aliphatic rings. The average molecular weight is 288 g/mol. The van der Waals surface area contributed by atoms with Crippen LogP contribution in [0.5, 0.6) is 5.75 Å². The summed E-state index contributed by atoms with van der Waals surface area (Å²) in [6.07, 6.45) is -0.811. The second-order valence-corrected chi connectivity index (χ2v) is 4.12. The molecule has 0 atom stereocenters. The van der Waals surface area contributed by atoms with Crippen LogP contribution in [0, 0.1) is 10.1 Å². The maximum Gasteiger partial charge on any atom is 0.412 e. The Morgan fingerprint density at radius 1 is 1.19 bits per heavy atom. The zero-order valence-electron chi connectivity index (χ0n) is 10.9. The zero-order chi connectivity index (χ0) is 15.2. The van der Waals surface area contributed by atoms with Gasteiger partial charge in [-0.1, -0.05) is 36.4 Å². The van der Waals surface area contributed by atoms with Gasteiger partial charge in [-0.05, 0) is 11.6 Å². The SMILES string of the molecule is O=C(Nc1cccc([N+](=O)[O-])c1O)OCc1ccccc1. The van der Waals surface area contributed by atoms with Crippen molar-refractivity contribution in [1.82, 2.24) is 0 Å². The Morgan fingerprint density at radius 2 is 1.90 bits per heavy atom. The molecule has 2 aromatic carbocycles. The molecule has 108 valence electrons. The third kappa shape index (κ3) is 3.69. The average Bonchev–Trinajstić information content (AvgIpc) is 2.48. The smallest absolute Gasteiger partial charge is 0.412 e. The van der Waals surface area contributed by atoms with Gasteiger partial charge in [0.2, 0.25) is 5.75 Å². The molecule has 7 heteroatoms. The van der Waals surface area contributed by atoms with Gasteiger partial charge in [-0.15, -0.1) is 0 Å². The molecule has 21 heavy (non-hydrogen) atoms. The van der Waals surface area contributed by atoms with E-state index < -0.39 is 22.5 Å². The number of hydrogen-bond acceptors (Lipinski definition) is 5. The Bertz CT molecular complexity index is 658. The fourth-order valence-electron chi connectivity index (χ4n) is 1.65. The molecular formula is C14H12N2O5. The van der Waals surface area contributed by atoms with Crippen LogP contribution in [0.4, 0.5) is 16.2 Å². The Labute approximate surface area is 119 Å². The molecular weight excluding hydrogens is 276 g/mol. The number of phenolic OH excluding ortho intramolecular Hbond substituents is 1. The summed E-state index contributed by atoms with van der Waals surface area (Å²) < 4.78 is 4.96. The molecule has 0 saturated carbocycles. The number of nitrogens with zero attached hydrogens (tertiary/aromatic N) is 1. The minimum Gasteiger partial charge on any atom is -0.501 e. The molecule has 0 fully saturated rings. The predicted molar refractivity (Wildman–Crippen MR) is 75.0 cm³/mol. The summed E-state index contributed by atoms with van der Waals surface area (Å²) in [6, 6.07) is 12.9. The Hall–Kier alpha value is -3.09. The molecule has 0 bridgehead atoms. The molecule has 2 N–H and O–H groups in total. The molecule has 0 saturated heterocycles. The molecule has 0 aliphatic heterocycles. The van der Waals surface area contributed by atoms with E-state index in [1.165, 1.54) is 12.1 Å². The van der Waals surface area contributed by atoms with Crippen LogP contribution < -0.4 is 5.32 Å². The van der Waals surface area contributed by atoms with E-state index >= 15 is 0 Å². The molecule has 2 aromatic rings. The molecule has 0 heterocycles. The van der Waals surface area contributed by atoms with E-state index in [1.807, 2.05) is 18.2 Å². The van der Waals surface area contributed by atoms with Gasteiger partial charge in [0.25, 0.3) is 0 Å². The van der Waals surface area contributed by atoms with Gasteiger partial charge in [0.15, 0.2) is 0 Å². The number of aromatic hydroxyl groups is 1. The highest BCUT2D eigenvalue weighted by Crippen LogP contribution is 2.33. The summed E-state index contributed by atoms with van der Waals surface area (Å²) in [5.74, 6) is -0.612. The van der Waals surface area contributed by atoms with Crippen molar-refractivity contribution < 1.29 is 19.6 Å². The van der Waals surface area contributed by atoms with Crippen LogP contribution in [-0.4, -0.2) is 16.1 Å². The monoisotopic (exact) mass is 288 g/mol. The van der Waals surface area contributed by atoms with E-state index in [4.69, 9.17) is 4.74 Å². The van der Waals surface area contributed by atoms with Crippen LogP contribution in [-0.2, 0) is 11.3 Å². The predicted octanol–water partition coefficient (Wildman–Crippen LogP) is 3.05. The zero-order valence-corrected chi connectivity index (χ0v) is 10.9. The van der Waals surface area contributed by atoms with Gasteiger partial charge in [0.1, 0.15) is 6.61 Å². The van der Waals surface area contributed by atoms with Gasteiger partial charge in [-0.3, -0.25) is 15.4 Å². The molecule has 1 amide bonds. The Kier molecular flexibility index (Phi) is 4.35. The number of para-hydroxylation sites is 1. The highest BCUT2D eigenvalue weighted by atomic mass is 16.6. The summed E-state index contributed by atoms with van der Waals surface area (Å²) >= 11 is 0. The van der Waals surface area contributed by atoms with E-state index in [1.54, 1.807) is 12.1 Å². The highest BCUT2D eigenvalue weighted by molar-refractivity contribution is 5.87. The first-order valence-corrected chi connectivity index (χ1v) is 6.02. The minimum absolute atomic E-state index is 0.0579. The number of benzene rings is 2. The van der Waals surface area contributed by atoms with Gasteiger partial charge >= 0.3 is 11.8 Å². The minimum atomic E-state index is -0.811. The van der Waals surface area contributed by atoms with E-state index in [0.717, 1.165) is 11.6 Å². The quantitative estimate of drug-likeness (QED) is 0.511. The van der Waals surface area contributed by atoms with Crippen LogP contribution in [0.1, 0.15) is 5.56 Å². The lowest BCUT2D eigenvalue weighted by Crippen LogP contribution is -2.13. The van der Waals surface area contributed by atoms with Crippen molar-refractivity contribution in [3.63, 3.8) is 0 Å². The molecule has 0 aliphatic carbocycles. The summed E-state index contributed by atoms with van der Waals surface area (Å²) in [7, 11) is 0. The number of ether oxygens (including phenoxy) is 1. The van der Waals surface area contributed by atoms with Gasteiger partial charge in [-0.2, -0.15) is 0 Å². The van der Waals surface area contributed by atoms with Crippen molar-refractivity contribution in [2.45, 2.75) is 6.61 Å². The first-order valence-electron chi connectivity index (χ1n) is 6.02. The van der Waals surface area contributed by atoms with Crippen molar-refractivity contribution in [2.24, 2.45) is 0 Å². The van der Waals surface area contributed by atoms with Gasteiger partial charge in [-0.25, -0.2) is 4.79 Å². The molecule has 0 radical (unpaired) electrons. The number of amides is 1. The van der Waals surface area contributed by atoms with E-state index in [0.29, 0.717) is 0 Å². The largest absolute Gasteiger partial charge is 0.501 e. The number of hydrogen-bond donors (Lipinski definition) is 2. The summed E-state index contributed by atoms with van der Waals surface area (Å²) in [6.45, 7) is 0.0579. The van der Waals surface area contributed by atoms with Crippen LogP contribution >= 0.6 is 0 Å². The maximum atomic E-state index is 11.6. The van der Waals surface area contributed by atoms with Crippen molar-refractivity contribution in [1.29, 1.82) is 0 Å². The summed E-state index contributed by atoms with van der Waals surface area (Å²) in [5, 5.41) is 22.6. The van der Waals surface area contributed by atoms with Gasteiger partial charge in [0, 0.05) is 6.07 Å². The lowest BCUT2D eigenvalue weighted by atomic mass is 10.2. The van der Waals surface area contributed by atoms with Crippen molar-refractivity contribution in [2.75, 3.05) is 5.32 Å². The number of anilines is 1. The van der Waals surface area contributed by atoms with E-state index in [9.17, 15) is 20.0 Å². The number of nitro groups is 1. The number of carbonyl (C=O) groups is 1.